The fraction of sp³-hybridized carbons (Fsp3) is 0.571. The van der Waals surface area contributed by atoms with E-state index in [0.717, 1.165) is 0 Å². The zero-order valence-electron chi connectivity index (χ0n) is 10.5. The van der Waals surface area contributed by atoms with Crippen molar-refractivity contribution in [1.82, 2.24) is 0 Å². The summed E-state index contributed by atoms with van der Waals surface area (Å²) in [6.07, 6.45) is 6.52. The smallest absolute Gasteiger partial charge is 0.178 e. The first-order valence-electron chi connectivity index (χ1n) is 6.45. The van der Waals surface area contributed by atoms with E-state index in [4.69, 9.17) is 23.2 Å². The molecule has 6 unspecified atom stereocenters. The summed E-state index contributed by atoms with van der Waals surface area (Å²) in [5.41, 5.74) is 0. The molecule has 0 heterocycles. The molecule has 1 fully saturated rings. The molecule has 2 N–H and O–H groups in total. The fourth-order valence-corrected chi connectivity index (χ4v) is 4.47. The molecule has 0 saturated heterocycles. The van der Waals surface area contributed by atoms with Gasteiger partial charge in [0.05, 0.1) is 13.2 Å². The van der Waals surface area contributed by atoms with E-state index in [2.05, 4.69) is 0 Å². The van der Waals surface area contributed by atoms with Gasteiger partial charge in [0.25, 0.3) is 0 Å². The molecule has 0 amide bonds. The number of hydrogen-bond donors (Lipinski definition) is 2. The van der Waals surface area contributed by atoms with Gasteiger partial charge in [0, 0.05) is 17.8 Å². The zero-order valence-corrected chi connectivity index (χ0v) is 12.0. The summed E-state index contributed by atoms with van der Waals surface area (Å²) in [6, 6.07) is 0. The molecule has 6 heteroatoms. The SMILES string of the molecule is O=C1C2C=CC(C3C2C=CC(=O)C3(Cl)CO)C1(Cl)CO. The summed E-state index contributed by atoms with van der Waals surface area (Å²) in [5, 5.41) is 19.1. The van der Waals surface area contributed by atoms with Crippen LogP contribution in [0.1, 0.15) is 0 Å². The van der Waals surface area contributed by atoms with E-state index >= 15 is 0 Å². The van der Waals surface area contributed by atoms with Gasteiger partial charge >= 0.3 is 0 Å². The molecule has 0 aromatic rings. The Kier molecular flexibility index (Phi) is 3.14. The molecule has 4 aliphatic carbocycles. The summed E-state index contributed by atoms with van der Waals surface area (Å²) >= 11 is 12.7. The van der Waals surface area contributed by atoms with E-state index < -0.39 is 40.7 Å². The third-order valence-corrected chi connectivity index (χ3v) is 5.97. The Bertz CT molecular complexity index is 543. The lowest BCUT2D eigenvalue weighted by Gasteiger charge is -2.55. The van der Waals surface area contributed by atoms with Crippen LogP contribution in [0.3, 0.4) is 0 Å². The zero-order chi connectivity index (χ0) is 14.7. The molecule has 4 nitrogen and oxygen atoms in total. The highest BCUT2D eigenvalue weighted by molar-refractivity contribution is 6.39. The van der Waals surface area contributed by atoms with Crippen molar-refractivity contribution in [1.29, 1.82) is 0 Å². The number of aliphatic hydroxyl groups is 2. The van der Waals surface area contributed by atoms with Crippen LogP contribution < -0.4 is 0 Å². The minimum absolute atomic E-state index is 0.244. The van der Waals surface area contributed by atoms with Gasteiger partial charge in [-0.1, -0.05) is 18.2 Å². The van der Waals surface area contributed by atoms with Crippen LogP contribution in [0.4, 0.5) is 0 Å². The Morgan fingerprint density at radius 1 is 1.05 bits per heavy atom. The van der Waals surface area contributed by atoms with Gasteiger partial charge in [-0.3, -0.25) is 9.59 Å². The minimum atomic E-state index is -1.48. The Balaban J connectivity index is 2.17. The molecule has 0 aliphatic heterocycles. The molecule has 4 rings (SSSR count). The van der Waals surface area contributed by atoms with Crippen molar-refractivity contribution in [3.05, 3.63) is 24.3 Å². The predicted molar refractivity (Wildman–Crippen MR) is 73.6 cm³/mol. The van der Waals surface area contributed by atoms with Gasteiger partial charge in [-0.2, -0.15) is 0 Å². The van der Waals surface area contributed by atoms with Gasteiger partial charge in [-0.05, 0) is 12.0 Å². The maximum Gasteiger partial charge on any atom is 0.178 e. The van der Waals surface area contributed by atoms with Gasteiger partial charge in [0.1, 0.15) is 9.75 Å². The summed E-state index contributed by atoms with van der Waals surface area (Å²) < 4.78 is 0. The number of allylic oxidation sites excluding steroid dienone is 4. The Hall–Kier alpha value is -0.680. The molecular formula is C14H14Cl2O4. The van der Waals surface area contributed by atoms with Crippen LogP contribution in [-0.2, 0) is 9.59 Å². The first-order chi connectivity index (χ1) is 9.40. The van der Waals surface area contributed by atoms with Gasteiger partial charge < -0.3 is 10.2 Å². The van der Waals surface area contributed by atoms with Crippen molar-refractivity contribution in [2.75, 3.05) is 13.2 Å². The van der Waals surface area contributed by atoms with E-state index in [1.54, 1.807) is 18.2 Å². The minimum Gasteiger partial charge on any atom is -0.394 e. The quantitative estimate of drug-likeness (QED) is 0.580. The summed E-state index contributed by atoms with van der Waals surface area (Å²) in [7, 11) is 0. The number of aliphatic hydroxyl groups excluding tert-OH is 2. The Morgan fingerprint density at radius 3 is 2.30 bits per heavy atom. The maximum absolute atomic E-state index is 12.4. The number of alkyl halides is 2. The van der Waals surface area contributed by atoms with Crippen LogP contribution in [0.15, 0.2) is 24.3 Å². The van der Waals surface area contributed by atoms with Crippen molar-refractivity contribution in [2.24, 2.45) is 23.7 Å². The highest BCUT2D eigenvalue weighted by atomic mass is 35.5. The number of fused-ring (bicyclic) bond motifs is 1. The van der Waals surface area contributed by atoms with Crippen molar-refractivity contribution < 1.29 is 19.8 Å². The van der Waals surface area contributed by atoms with Gasteiger partial charge in [0.15, 0.2) is 11.6 Å². The second kappa shape index (κ2) is 4.41. The molecule has 0 aromatic carbocycles. The van der Waals surface area contributed by atoms with Gasteiger partial charge in [-0.15, -0.1) is 23.2 Å². The van der Waals surface area contributed by atoms with Crippen LogP contribution >= 0.6 is 23.2 Å². The highest BCUT2D eigenvalue weighted by Gasteiger charge is 2.65. The van der Waals surface area contributed by atoms with Gasteiger partial charge in [0.2, 0.25) is 0 Å². The van der Waals surface area contributed by atoms with Crippen molar-refractivity contribution in [3.63, 3.8) is 0 Å². The van der Waals surface area contributed by atoms with Crippen molar-refractivity contribution in [2.45, 2.75) is 9.75 Å². The molecular weight excluding hydrogens is 303 g/mol. The predicted octanol–water partition coefficient (Wildman–Crippen LogP) is 0.682. The molecule has 4 aliphatic rings. The normalized spacial score (nSPS) is 49.6. The molecule has 20 heavy (non-hydrogen) atoms. The number of halogens is 2. The van der Waals surface area contributed by atoms with E-state index in [0.29, 0.717) is 0 Å². The molecule has 0 radical (unpaired) electrons. The molecule has 0 aromatic heterocycles. The van der Waals surface area contributed by atoms with Crippen LogP contribution in [0.2, 0.25) is 0 Å². The molecule has 2 bridgehead atoms. The Labute approximate surface area is 126 Å². The number of rotatable bonds is 2. The molecule has 0 spiro atoms. The standard InChI is InChI=1S/C14H14Cl2O4/c15-13(5-17)9-3-1-8(12(13)20)7-2-4-10(19)14(16,6-18)11(7)9/h1-4,7-9,11,17-18H,5-6H2. The number of carbonyl (C=O) groups excluding carboxylic acids is 2. The monoisotopic (exact) mass is 316 g/mol. The Morgan fingerprint density at radius 2 is 1.70 bits per heavy atom. The first-order valence-corrected chi connectivity index (χ1v) is 7.20. The van der Waals surface area contributed by atoms with Crippen LogP contribution in [0, 0.1) is 23.7 Å². The van der Waals surface area contributed by atoms with Crippen LogP contribution in [0.5, 0.6) is 0 Å². The first kappa shape index (κ1) is 14.3. The second-order valence-electron chi connectivity index (χ2n) is 5.67. The summed E-state index contributed by atoms with van der Waals surface area (Å²) in [4.78, 5) is 21.5. The third kappa shape index (κ3) is 1.51. The lowest BCUT2D eigenvalue weighted by atomic mass is 9.52. The molecule has 108 valence electrons. The summed E-state index contributed by atoms with van der Waals surface area (Å²) in [5.74, 6) is -2.47. The van der Waals surface area contributed by atoms with Crippen molar-refractivity contribution in [3.8, 4) is 0 Å². The van der Waals surface area contributed by atoms with E-state index in [9.17, 15) is 19.8 Å². The van der Waals surface area contributed by atoms with Gasteiger partial charge in [-0.25, -0.2) is 0 Å². The summed E-state index contributed by atoms with van der Waals surface area (Å²) in [6.45, 7) is -1.04. The van der Waals surface area contributed by atoms with E-state index in [1.165, 1.54) is 6.08 Å². The highest BCUT2D eigenvalue weighted by Crippen LogP contribution is 2.57. The lowest BCUT2D eigenvalue weighted by Crippen LogP contribution is -2.66. The van der Waals surface area contributed by atoms with Crippen LogP contribution in [0.25, 0.3) is 0 Å². The second-order valence-corrected chi connectivity index (χ2v) is 7.02. The number of ketones is 2. The number of carbonyl (C=O) groups is 2. The van der Waals surface area contributed by atoms with Crippen LogP contribution in [-0.4, -0.2) is 44.7 Å². The van der Waals surface area contributed by atoms with E-state index in [1.807, 2.05) is 0 Å². The largest absolute Gasteiger partial charge is 0.394 e. The molecule has 1 saturated carbocycles. The lowest BCUT2D eigenvalue weighted by molar-refractivity contribution is -0.138. The maximum atomic E-state index is 12.4. The van der Waals surface area contributed by atoms with E-state index in [-0.39, 0.29) is 17.5 Å². The van der Waals surface area contributed by atoms with Crippen molar-refractivity contribution >= 4 is 34.8 Å². The average Bonchev–Trinajstić information content (AvgIpc) is 2.47. The fourth-order valence-electron chi connectivity index (χ4n) is 3.79. The number of Topliss-reactive ketones (excluding diaryl/α,β-unsaturated/α-hetero) is 1. The third-order valence-electron chi connectivity index (χ3n) is 4.85. The molecule has 6 atom stereocenters. The topological polar surface area (TPSA) is 74.6 Å². The average molecular weight is 317 g/mol. The number of hydrogen-bond acceptors (Lipinski definition) is 4.